The fourth-order valence-corrected chi connectivity index (χ4v) is 2.48. The van der Waals surface area contributed by atoms with Crippen LogP contribution in [0.15, 0.2) is 28.9 Å². The van der Waals surface area contributed by atoms with Gasteiger partial charge < -0.3 is 9.26 Å². The third-order valence-electron chi connectivity index (χ3n) is 3.44. The van der Waals surface area contributed by atoms with Gasteiger partial charge in [-0.1, -0.05) is 11.2 Å². The van der Waals surface area contributed by atoms with Crippen LogP contribution < -0.4 is 0 Å². The molecule has 0 bridgehead atoms. The van der Waals surface area contributed by atoms with E-state index in [1.54, 1.807) is 11.1 Å². The Hall–Kier alpha value is -2.44. The van der Waals surface area contributed by atoms with Gasteiger partial charge in [0, 0.05) is 12.7 Å². The van der Waals surface area contributed by atoms with Gasteiger partial charge in [-0.15, -0.1) is 0 Å². The molecule has 0 aliphatic carbocycles. The zero-order chi connectivity index (χ0) is 15.5. The van der Waals surface area contributed by atoms with E-state index >= 15 is 0 Å². The SMILES string of the molecule is CC(C)OC(=O)N1CCCC1c1nc(-c2ccccn2)no1. The number of amides is 1. The maximum Gasteiger partial charge on any atom is 0.410 e. The number of pyridine rings is 1. The van der Waals surface area contributed by atoms with Crippen LogP contribution in [0, 0.1) is 0 Å². The second kappa shape index (κ2) is 6.13. The highest BCUT2D eigenvalue weighted by Crippen LogP contribution is 2.32. The van der Waals surface area contributed by atoms with Crippen molar-refractivity contribution >= 4 is 6.09 Å². The van der Waals surface area contributed by atoms with Crippen LogP contribution >= 0.6 is 0 Å². The van der Waals surface area contributed by atoms with E-state index in [-0.39, 0.29) is 18.2 Å². The van der Waals surface area contributed by atoms with Crippen molar-refractivity contribution in [2.24, 2.45) is 0 Å². The van der Waals surface area contributed by atoms with E-state index in [0.717, 1.165) is 12.8 Å². The lowest BCUT2D eigenvalue weighted by molar-refractivity contribution is 0.0687. The minimum Gasteiger partial charge on any atom is -0.447 e. The molecule has 2 aromatic rings. The molecule has 1 unspecified atom stereocenters. The Bertz CT molecular complexity index is 641. The van der Waals surface area contributed by atoms with Gasteiger partial charge in [0.05, 0.1) is 6.10 Å². The van der Waals surface area contributed by atoms with Crippen LogP contribution in [0.25, 0.3) is 11.5 Å². The highest BCUT2D eigenvalue weighted by molar-refractivity contribution is 5.68. The van der Waals surface area contributed by atoms with Crippen molar-refractivity contribution in [3.05, 3.63) is 30.3 Å². The molecule has 7 heteroatoms. The van der Waals surface area contributed by atoms with Crippen LogP contribution in [-0.2, 0) is 4.74 Å². The molecule has 1 aliphatic heterocycles. The minimum absolute atomic E-state index is 0.152. The van der Waals surface area contributed by atoms with Gasteiger partial charge >= 0.3 is 6.09 Å². The molecule has 3 heterocycles. The van der Waals surface area contributed by atoms with Crippen LogP contribution in [-0.4, -0.2) is 38.8 Å². The second-order valence-electron chi connectivity index (χ2n) is 5.46. The first-order chi connectivity index (χ1) is 10.6. The lowest BCUT2D eigenvalue weighted by atomic mass is 10.2. The molecule has 0 saturated carbocycles. The molecule has 2 aromatic heterocycles. The average Bonchev–Trinajstić information content (AvgIpc) is 3.16. The number of hydrogen-bond donors (Lipinski definition) is 0. The molecule has 1 atom stereocenters. The van der Waals surface area contributed by atoms with Crippen molar-refractivity contribution in [2.75, 3.05) is 6.54 Å². The van der Waals surface area contributed by atoms with Crippen molar-refractivity contribution in [3.8, 4) is 11.5 Å². The first kappa shape index (κ1) is 14.5. The van der Waals surface area contributed by atoms with Gasteiger partial charge in [0.2, 0.25) is 11.7 Å². The van der Waals surface area contributed by atoms with Crippen molar-refractivity contribution < 1.29 is 14.1 Å². The Balaban J connectivity index is 1.79. The van der Waals surface area contributed by atoms with Gasteiger partial charge in [-0.05, 0) is 38.8 Å². The third kappa shape index (κ3) is 2.93. The van der Waals surface area contributed by atoms with E-state index in [9.17, 15) is 4.79 Å². The van der Waals surface area contributed by atoms with Gasteiger partial charge in [-0.3, -0.25) is 9.88 Å². The molecule has 0 spiro atoms. The van der Waals surface area contributed by atoms with Crippen LogP contribution in [0.3, 0.4) is 0 Å². The number of carbonyl (C=O) groups is 1. The first-order valence-corrected chi connectivity index (χ1v) is 7.37. The Morgan fingerprint density at radius 2 is 2.32 bits per heavy atom. The summed E-state index contributed by atoms with van der Waals surface area (Å²) in [5.41, 5.74) is 0.645. The van der Waals surface area contributed by atoms with Crippen molar-refractivity contribution in [3.63, 3.8) is 0 Å². The second-order valence-corrected chi connectivity index (χ2v) is 5.46. The normalized spacial score (nSPS) is 18.0. The standard InChI is InChI=1S/C15H18N4O3/c1-10(2)21-15(20)19-9-5-7-12(19)14-17-13(18-22-14)11-6-3-4-8-16-11/h3-4,6,8,10,12H,5,7,9H2,1-2H3. The number of nitrogens with zero attached hydrogens (tertiary/aromatic N) is 4. The third-order valence-corrected chi connectivity index (χ3v) is 3.44. The van der Waals surface area contributed by atoms with Gasteiger partial charge in [0.15, 0.2) is 0 Å². The lowest BCUT2D eigenvalue weighted by Gasteiger charge is -2.22. The molecule has 1 fully saturated rings. The average molecular weight is 302 g/mol. The molecular formula is C15H18N4O3. The first-order valence-electron chi connectivity index (χ1n) is 7.37. The Kier molecular flexibility index (Phi) is 4.04. The van der Waals surface area contributed by atoms with Crippen molar-refractivity contribution in [1.29, 1.82) is 0 Å². The molecule has 0 radical (unpaired) electrons. The molecule has 3 rings (SSSR count). The number of aromatic nitrogens is 3. The number of likely N-dealkylation sites (tertiary alicyclic amines) is 1. The predicted octanol–water partition coefficient (Wildman–Crippen LogP) is 2.81. The summed E-state index contributed by atoms with van der Waals surface area (Å²) < 4.78 is 10.6. The molecule has 0 aromatic carbocycles. The van der Waals surface area contributed by atoms with Gasteiger partial charge in [-0.2, -0.15) is 4.98 Å². The van der Waals surface area contributed by atoms with E-state index in [1.807, 2.05) is 32.0 Å². The maximum absolute atomic E-state index is 12.1. The van der Waals surface area contributed by atoms with E-state index in [4.69, 9.17) is 9.26 Å². The zero-order valence-corrected chi connectivity index (χ0v) is 12.6. The Morgan fingerprint density at radius 1 is 1.45 bits per heavy atom. The molecule has 0 N–H and O–H groups in total. The smallest absolute Gasteiger partial charge is 0.410 e. The zero-order valence-electron chi connectivity index (χ0n) is 12.6. The quantitative estimate of drug-likeness (QED) is 0.867. The van der Waals surface area contributed by atoms with Crippen molar-refractivity contribution in [2.45, 2.75) is 38.8 Å². The van der Waals surface area contributed by atoms with Gasteiger partial charge in [-0.25, -0.2) is 4.79 Å². The largest absolute Gasteiger partial charge is 0.447 e. The fraction of sp³-hybridized carbons (Fsp3) is 0.467. The molecule has 1 aliphatic rings. The molecule has 22 heavy (non-hydrogen) atoms. The Morgan fingerprint density at radius 3 is 3.05 bits per heavy atom. The van der Waals surface area contributed by atoms with Crippen molar-refractivity contribution in [1.82, 2.24) is 20.0 Å². The summed E-state index contributed by atoms with van der Waals surface area (Å²) in [6.07, 6.45) is 2.86. The van der Waals surface area contributed by atoms with Crippen LogP contribution in [0.2, 0.25) is 0 Å². The Labute approximate surface area is 128 Å². The van der Waals surface area contributed by atoms with Crippen LogP contribution in [0.4, 0.5) is 4.79 Å². The summed E-state index contributed by atoms with van der Waals surface area (Å²) in [6.45, 7) is 4.29. The summed E-state index contributed by atoms with van der Waals surface area (Å²) in [4.78, 5) is 22.3. The lowest BCUT2D eigenvalue weighted by Crippen LogP contribution is -2.32. The van der Waals surface area contributed by atoms with E-state index in [2.05, 4.69) is 15.1 Å². The highest BCUT2D eigenvalue weighted by Gasteiger charge is 2.35. The number of carbonyl (C=O) groups excluding carboxylic acids is 1. The van der Waals surface area contributed by atoms with E-state index in [0.29, 0.717) is 24.0 Å². The number of ether oxygens (including phenoxy) is 1. The minimum atomic E-state index is -0.338. The molecule has 1 saturated heterocycles. The van der Waals surface area contributed by atoms with E-state index in [1.165, 1.54) is 0 Å². The number of hydrogen-bond acceptors (Lipinski definition) is 6. The topological polar surface area (TPSA) is 81.4 Å². The summed E-state index contributed by atoms with van der Waals surface area (Å²) >= 11 is 0. The van der Waals surface area contributed by atoms with Gasteiger partial charge in [0.1, 0.15) is 11.7 Å². The number of rotatable bonds is 3. The molecule has 116 valence electrons. The van der Waals surface area contributed by atoms with Crippen LogP contribution in [0.1, 0.15) is 38.6 Å². The highest BCUT2D eigenvalue weighted by atomic mass is 16.6. The molecule has 1 amide bonds. The molecule has 7 nitrogen and oxygen atoms in total. The van der Waals surface area contributed by atoms with E-state index < -0.39 is 0 Å². The summed E-state index contributed by atoms with van der Waals surface area (Å²) in [5, 5.41) is 3.96. The predicted molar refractivity (Wildman–Crippen MR) is 77.8 cm³/mol. The van der Waals surface area contributed by atoms with Crippen LogP contribution in [0.5, 0.6) is 0 Å². The maximum atomic E-state index is 12.1. The fourth-order valence-electron chi connectivity index (χ4n) is 2.48. The molecular weight excluding hydrogens is 284 g/mol. The summed E-state index contributed by atoms with van der Waals surface area (Å²) in [6, 6.07) is 5.27. The van der Waals surface area contributed by atoms with Gasteiger partial charge in [0.25, 0.3) is 0 Å². The summed E-state index contributed by atoms with van der Waals surface area (Å²) in [7, 11) is 0. The monoisotopic (exact) mass is 302 g/mol. The summed E-state index contributed by atoms with van der Waals surface area (Å²) in [5.74, 6) is 0.860.